The SMILES string of the molecule is CCCCN(CCC)C1CCCCC1O. The van der Waals surface area contributed by atoms with Gasteiger partial charge >= 0.3 is 0 Å². The zero-order valence-corrected chi connectivity index (χ0v) is 10.4. The van der Waals surface area contributed by atoms with Crippen LogP contribution in [0.4, 0.5) is 0 Å². The molecular formula is C13H27NO. The van der Waals surface area contributed by atoms with Gasteiger partial charge in [0.15, 0.2) is 0 Å². The summed E-state index contributed by atoms with van der Waals surface area (Å²) < 4.78 is 0. The summed E-state index contributed by atoms with van der Waals surface area (Å²) in [6.07, 6.45) is 8.38. The first-order valence-electron chi connectivity index (χ1n) is 6.71. The van der Waals surface area contributed by atoms with Gasteiger partial charge in [-0.15, -0.1) is 0 Å². The van der Waals surface area contributed by atoms with Gasteiger partial charge in [-0.2, -0.15) is 0 Å². The van der Waals surface area contributed by atoms with Crippen LogP contribution < -0.4 is 0 Å². The molecule has 2 atom stereocenters. The Bertz CT molecular complexity index is 161. The van der Waals surface area contributed by atoms with E-state index < -0.39 is 0 Å². The number of aliphatic hydroxyl groups is 1. The summed E-state index contributed by atoms with van der Waals surface area (Å²) in [5.41, 5.74) is 0. The van der Waals surface area contributed by atoms with Crippen LogP contribution in [0.1, 0.15) is 58.8 Å². The summed E-state index contributed by atoms with van der Waals surface area (Å²) in [7, 11) is 0. The molecule has 0 heterocycles. The van der Waals surface area contributed by atoms with Gasteiger partial charge in [0.2, 0.25) is 0 Å². The van der Waals surface area contributed by atoms with Crippen molar-refractivity contribution in [3.8, 4) is 0 Å². The van der Waals surface area contributed by atoms with Crippen LogP contribution in [0.2, 0.25) is 0 Å². The van der Waals surface area contributed by atoms with Gasteiger partial charge in [-0.3, -0.25) is 4.90 Å². The molecule has 2 heteroatoms. The zero-order valence-electron chi connectivity index (χ0n) is 10.4. The smallest absolute Gasteiger partial charge is 0.0695 e. The topological polar surface area (TPSA) is 23.5 Å². The van der Waals surface area contributed by atoms with Gasteiger partial charge in [-0.25, -0.2) is 0 Å². The molecule has 2 unspecified atom stereocenters. The van der Waals surface area contributed by atoms with Crippen molar-refractivity contribution in [2.75, 3.05) is 13.1 Å². The van der Waals surface area contributed by atoms with E-state index in [1.54, 1.807) is 0 Å². The minimum Gasteiger partial charge on any atom is -0.391 e. The third kappa shape index (κ3) is 4.12. The van der Waals surface area contributed by atoms with Crippen molar-refractivity contribution in [2.24, 2.45) is 0 Å². The van der Waals surface area contributed by atoms with Gasteiger partial charge in [-0.05, 0) is 38.8 Å². The Hall–Kier alpha value is -0.0800. The van der Waals surface area contributed by atoms with Crippen LogP contribution in [0.25, 0.3) is 0 Å². The van der Waals surface area contributed by atoms with Gasteiger partial charge in [0, 0.05) is 6.04 Å². The second-order valence-electron chi connectivity index (χ2n) is 4.81. The molecule has 1 aliphatic rings. The zero-order chi connectivity index (χ0) is 11.1. The van der Waals surface area contributed by atoms with E-state index in [9.17, 15) is 5.11 Å². The van der Waals surface area contributed by atoms with Crippen LogP contribution in [0, 0.1) is 0 Å². The first-order valence-corrected chi connectivity index (χ1v) is 6.71. The van der Waals surface area contributed by atoms with E-state index >= 15 is 0 Å². The molecule has 0 radical (unpaired) electrons. The molecule has 0 aliphatic heterocycles. The first-order chi connectivity index (χ1) is 7.29. The summed E-state index contributed by atoms with van der Waals surface area (Å²) in [5, 5.41) is 10.0. The molecule has 0 saturated heterocycles. The predicted molar refractivity (Wildman–Crippen MR) is 65.0 cm³/mol. The number of hydrogen-bond donors (Lipinski definition) is 1. The Kier molecular flexibility index (Phi) is 6.26. The Morgan fingerprint density at radius 2 is 1.80 bits per heavy atom. The van der Waals surface area contributed by atoms with Crippen molar-refractivity contribution in [3.63, 3.8) is 0 Å². The van der Waals surface area contributed by atoms with E-state index in [1.165, 1.54) is 45.1 Å². The summed E-state index contributed by atoms with van der Waals surface area (Å²) in [5.74, 6) is 0. The molecular weight excluding hydrogens is 186 g/mol. The lowest BCUT2D eigenvalue weighted by molar-refractivity contribution is 0.0190. The number of unbranched alkanes of at least 4 members (excludes halogenated alkanes) is 1. The molecule has 0 aromatic heterocycles. The summed E-state index contributed by atoms with van der Waals surface area (Å²) in [4.78, 5) is 2.52. The van der Waals surface area contributed by atoms with Gasteiger partial charge < -0.3 is 5.11 Å². The van der Waals surface area contributed by atoms with Gasteiger partial charge in [0.25, 0.3) is 0 Å². The molecule has 0 bridgehead atoms. The summed E-state index contributed by atoms with van der Waals surface area (Å²) >= 11 is 0. The van der Waals surface area contributed by atoms with E-state index in [0.717, 1.165) is 13.0 Å². The number of hydrogen-bond acceptors (Lipinski definition) is 2. The van der Waals surface area contributed by atoms with Gasteiger partial charge in [0.05, 0.1) is 6.10 Å². The fourth-order valence-corrected chi connectivity index (χ4v) is 2.61. The largest absolute Gasteiger partial charge is 0.391 e. The lowest BCUT2D eigenvalue weighted by atomic mass is 9.91. The number of aliphatic hydroxyl groups excluding tert-OH is 1. The number of rotatable bonds is 6. The van der Waals surface area contributed by atoms with Crippen LogP contribution in [-0.2, 0) is 0 Å². The molecule has 15 heavy (non-hydrogen) atoms. The highest BCUT2D eigenvalue weighted by molar-refractivity contribution is 4.82. The Morgan fingerprint density at radius 1 is 1.07 bits per heavy atom. The van der Waals surface area contributed by atoms with Crippen molar-refractivity contribution in [1.29, 1.82) is 0 Å². The van der Waals surface area contributed by atoms with E-state index in [2.05, 4.69) is 18.7 Å². The molecule has 1 rings (SSSR count). The lowest BCUT2D eigenvalue weighted by Gasteiger charge is -2.37. The van der Waals surface area contributed by atoms with Crippen molar-refractivity contribution < 1.29 is 5.11 Å². The summed E-state index contributed by atoms with van der Waals surface area (Å²) in [6.45, 7) is 6.80. The average molecular weight is 213 g/mol. The molecule has 1 fully saturated rings. The maximum Gasteiger partial charge on any atom is 0.0695 e. The predicted octanol–water partition coefficient (Wildman–Crippen LogP) is 2.80. The molecule has 1 N–H and O–H groups in total. The fourth-order valence-electron chi connectivity index (χ4n) is 2.61. The molecule has 1 aliphatic carbocycles. The van der Waals surface area contributed by atoms with Crippen LogP contribution in [-0.4, -0.2) is 35.2 Å². The standard InChI is InChI=1S/C13H27NO/c1-3-5-11-14(10-4-2)12-8-6-7-9-13(12)15/h12-13,15H,3-11H2,1-2H3. The van der Waals surface area contributed by atoms with E-state index in [-0.39, 0.29) is 6.10 Å². The molecule has 1 saturated carbocycles. The minimum absolute atomic E-state index is 0.0674. The summed E-state index contributed by atoms with van der Waals surface area (Å²) in [6, 6.07) is 0.449. The van der Waals surface area contributed by atoms with E-state index in [0.29, 0.717) is 6.04 Å². The quantitative estimate of drug-likeness (QED) is 0.733. The van der Waals surface area contributed by atoms with Gasteiger partial charge in [0.1, 0.15) is 0 Å². The highest BCUT2D eigenvalue weighted by Gasteiger charge is 2.27. The maximum atomic E-state index is 10.0. The second kappa shape index (κ2) is 7.24. The third-order valence-corrected chi connectivity index (χ3v) is 3.47. The molecule has 0 amide bonds. The average Bonchev–Trinajstić information content (AvgIpc) is 2.25. The van der Waals surface area contributed by atoms with Crippen LogP contribution >= 0.6 is 0 Å². The van der Waals surface area contributed by atoms with Gasteiger partial charge in [-0.1, -0.05) is 33.1 Å². The lowest BCUT2D eigenvalue weighted by Crippen LogP contribution is -2.46. The normalized spacial score (nSPS) is 27.2. The highest BCUT2D eigenvalue weighted by Crippen LogP contribution is 2.23. The molecule has 2 nitrogen and oxygen atoms in total. The Labute approximate surface area is 94.7 Å². The van der Waals surface area contributed by atoms with Crippen molar-refractivity contribution in [2.45, 2.75) is 70.9 Å². The van der Waals surface area contributed by atoms with Crippen LogP contribution in [0.15, 0.2) is 0 Å². The second-order valence-corrected chi connectivity index (χ2v) is 4.81. The minimum atomic E-state index is -0.0674. The molecule has 0 aromatic rings. The van der Waals surface area contributed by atoms with E-state index in [1.807, 2.05) is 0 Å². The first kappa shape index (κ1) is 13.0. The fraction of sp³-hybridized carbons (Fsp3) is 1.00. The van der Waals surface area contributed by atoms with Crippen molar-refractivity contribution >= 4 is 0 Å². The molecule has 0 spiro atoms. The van der Waals surface area contributed by atoms with Crippen molar-refractivity contribution in [1.82, 2.24) is 4.90 Å². The maximum absolute atomic E-state index is 10.0. The van der Waals surface area contributed by atoms with Crippen LogP contribution in [0.5, 0.6) is 0 Å². The molecule has 90 valence electrons. The molecule has 0 aromatic carbocycles. The Balaban J connectivity index is 2.44. The van der Waals surface area contributed by atoms with Crippen LogP contribution in [0.3, 0.4) is 0 Å². The van der Waals surface area contributed by atoms with Crippen molar-refractivity contribution in [3.05, 3.63) is 0 Å². The van der Waals surface area contributed by atoms with E-state index in [4.69, 9.17) is 0 Å². The highest BCUT2D eigenvalue weighted by atomic mass is 16.3. The number of nitrogens with zero attached hydrogens (tertiary/aromatic N) is 1. The monoisotopic (exact) mass is 213 g/mol. The third-order valence-electron chi connectivity index (χ3n) is 3.47. The Morgan fingerprint density at radius 3 is 2.40 bits per heavy atom.